The summed E-state index contributed by atoms with van der Waals surface area (Å²) in [6, 6.07) is 6.99. The van der Waals surface area contributed by atoms with Gasteiger partial charge < -0.3 is 4.98 Å². The molecule has 2 aromatic rings. The molecule has 0 saturated carbocycles. The van der Waals surface area contributed by atoms with Gasteiger partial charge in [-0.1, -0.05) is 0 Å². The van der Waals surface area contributed by atoms with Crippen LogP contribution in [0.25, 0.3) is 0 Å². The number of aliphatic imine (C=N–C) groups is 1. The molecule has 0 fully saturated rings. The van der Waals surface area contributed by atoms with Gasteiger partial charge >= 0.3 is 0 Å². The van der Waals surface area contributed by atoms with Crippen molar-refractivity contribution in [2.75, 3.05) is 0 Å². The van der Waals surface area contributed by atoms with Gasteiger partial charge in [0.1, 0.15) is 0 Å². The summed E-state index contributed by atoms with van der Waals surface area (Å²) in [6.45, 7) is 5.62. The van der Waals surface area contributed by atoms with Crippen molar-refractivity contribution >= 4 is 17.6 Å². The van der Waals surface area contributed by atoms with Gasteiger partial charge in [-0.15, -0.1) is 0 Å². The zero-order chi connectivity index (χ0) is 14.0. The van der Waals surface area contributed by atoms with Crippen LogP contribution in [0.1, 0.15) is 22.5 Å². The number of non-ortho nitro benzene ring substituents is 1. The van der Waals surface area contributed by atoms with Gasteiger partial charge in [-0.05, 0) is 44.0 Å². The van der Waals surface area contributed by atoms with Gasteiger partial charge in [0.25, 0.3) is 5.69 Å². The van der Waals surface area contributed by atoms with Gasteiger partial charge in [-0.3, -0.25) is 15.1 Å². The fraction of sp³-hybridized carbons (Fsp3) is 0.214. The lowest BCUT2D eigenvalue weighted by Gasteiger charge is -2.04. The minimum atomic E-state index is -0.387. The predicted molar refractivity (Wildman–Crippen MR) is 75.4 cm³/mol. The monoisotopic (exact) mass is 257 g/mol. The van der Waals surface area contributed by atoms with Crippen molar-refractivity contribution in [3.05, 3.63) is 56.9 Å². The molecule has 98 valence electrons. The Morgan fingerprint density at radius 3 is 2.32 bits per heavy atom. The number of hydrogen-bond acceptors (Lipinski definition) is 3. The van der Waals surface area contributed by atoms with Crippen LogP contribution in [0, 0.1) is 30.9 Å². The molecule has 0 aliphatic heterocycles. The topological polar surface area (TPSA) is 71.3 Å². The van der Waals surface area contributed by atoms with Crippen LogP contribution in [0.4, 0.5) is 11.4 Å². The van der Waals surface area contributed by atoms with E-state index in [1.54, 1.807) is 18.3 Å². The number of hydrogen-bond donors (Lipinski definition) is 1. The normalized spacial score (nSPS) is 11.1. The van der Waals surface area contributed by atoms with Crippen LogP contribution in [-0.4, -0.2) is 16.1 Å². The van der Waals surface area contributed by atoms with Crippen LogP contribution in [0.15, 0.2) is 29.3 Å². The molecule has 19 heavy (non-hydrogen) atoms. The second kappa shape index (κ2) is 5.06. The molecular formula is C14H15N3O2. The van der Waals surface area contributed by atoms with Gasteiger partial charge in [0, 0.05) is 17.8 Å². The Kier molecular flexibility index (Phi) is 3.46. The highest BCUT2D eigenvalue weighted by molar-refractivity contribution is 5.81. The molecule has 5 heteroatoms. The van der Waals surface area contributed by atoms with Crippen molar-refractivity contribution in [2.45, 2.75) is 20.8 Å². The average Bonchev–Trinajstić information content (AvgIpc) is 2.73. The first-order valence-corrected chi connectivity index (χ1v) is 5.92. The summed E-state index contributed by atoms with van der Waals surface area (Å²) in [5.74, 6) is 0. The lowest BCUT2D eigenvalue weighted by Crippen LogP contribution is -1.91. The maximum atomic E-state index is 10.8. The number of H-pyrrole nitrogens is 1. The fourth-order valence-electron chi connectivity index (χ4n) is 1.98. The highest BCUT2D eigenvalue weighted by atomic mass is 16.6. The van der Waals surface area contributed by atoms with Gasteiger partial charge in [-0.25, -0.2) is 0 Å². The molecule has 1 aromatic carbocycles. The zero-order valence-electron chi connectivity index (χ0n) is 11.1. The Morgan fingerprint density at radius 2 is 1.84 bits per heavy atom. The Hall–Kier alpha value is -2.43. The minimum absolute atomic E-state index is 0.102. The molecular weight excluding hydrogens is 242 g/mol. The van der Waals surface area contributed by atoms with Crippen molar-refractivity contribution in [1.29, 1.82) is 0 Å². The van der Waals surface area contributed by atoms with E-state index >= 15 is 0 Å². The number of nitro benzene ring substituents is 1. The molecule has 0 atom stereocenters. The molecule has 1 N–H and O–H groups in total. The number of nitrogens with one attached hydrogen (secondary N) is 1. The van der Waals surface area contributed by atoms with E-state index in [1.807, 2.05) is 32.9 Å². The number of rotatable bonds is 3. The van der Waals surface area contributed by atoms with E-state index in [9.17, 15) is 10.1 Å². The van der Waals surface area contributed by atoms with Crippen molar-refractivity contribution in [3.8, 4) is 0 Å². The van der Waals surface area contributed by atoms with Gasteiger partial charge in [0.05, 0.1) is 22.5 Å². The summed E-state index contributed by atoms with van der Waals surface area (Å²) in [7, 11) is 0. The summed E-state index contributed by atoms with van der Waals surface area (Å²) in [5.41, 5.74) is 4.45. The molecule has 0 unspecified atom stereocenters. The smallest absolute Gasteiger partial charge is 0.270 e. The van der Waals surface area contributed by atoms with E-state index in [2.05, 4.69) is 9.98 Å². The first-order valence-electron chi connectivity index (χ1n) is 5.92. The Morgan fingerprint density at radius 1 is 1.21 bits per heavy atom. The van der Waals surface area contributed by atoms with Gasteiger partial charge in [0.15, 0.2) is 0 Å². The molecule has 0 bridgehead atoms. The third-order valence-corrected chi connectivity index (χ3v) is 2.87. The SMILES string of the molecule is Cc1ccc(C=Nc2c(C)cc([N+](=O)[O-])cc2C)[nH]1. The minimum Gasteiger partial charge on any atom is -0.358 e. The van der Waals surface area contributed by atoms with Crippen LogP contribution in [0.5, 0.6) is 0 Å². The Bertz CT molecular complexity index is 633. The second-order valence-electron chi connectivity index (χ2n) is 4.54. The number of aryl methyl sites for hydroxylation is 3. The van der Waals surface area contributed by atoms with E-state index in [1.165, 1.54) is 0 Å². The fourth-order valence-corrected chi connectivity index (χ4v) is 1.98. The van der Waals surface area contributed by atoms with Crippen molar-refractivity contribution in [1.82, 2.24) is 4.98 Å². The van der Waals surface area contributed by atoms with Crippen LogP contribution in [0.2, 0.25) is 0 Å². The van der Waals surface area contributed by atoms with E-state index in [-0.39, 0.29) is 10.6 Å². The molecule has 0 radical (unpaired) electrons. The number of nitrogens with zero attached hydrogens (tertiary/aromatic N) is 2. The molecule has 0 amide bonds. The summed E-state index contributed by atoms with van der Waals surface area (Å²) in [5, 5.41) is 10.8. The quantitative estimate of drug-likeness (QED) is 0.518. The molecule has 5 nitrogen and oxygen atoms in total. The van der Waals surface area contributed by atoms with Crippen LogP contribution < -0.4 is 0 Å². The van der Waals surface area contributed by atoms with Crippen LogP contribution in [-0.2, 0) is 0 Å². The first kappa shape index (κ1) is 13.0. The third-order valence-electron chi connectivity index (χ3n) is 2.87. The molecule has 0 aliphatic carbocycles. The largest absolute Gasteiger partial charge is 0.358 e. The highest BCUT2D eigenvalue weighted by Gasteiger charge is 2.11. The summed E-state index contributed by atoms with van der Waals surface area (Å²) in [4.78, 5) is 17.9. The Balaban J connectivity index is 2.35. The number of aromatic nitrogens is 1. The third kappa shape index (κ3) is 2.88. The van der Waals surface area contributed by atoms with Gasteiger partial charge in [-0.2, -0.15) is 0 Å². The zero-order valence-corrected chi connectivity index (χ0v) is 11.1. The van der Waals surface area contributed by atoms with E-state index in [4.69, 9.17) is 0 Å². The average molecular weight is 257 g/mol. The highest BCUT2D eigenvalue weighted by Crippen LogP contribution is 2.28. The number of aromatic amines is 1. The molecule has 0 saturated heterocycles. The van der Waals surface area contributed by atoms with Crippen LogP contribution in [0.3, 0.4) is 0 Å². The van der Waals surface area contributed by atoms with Crippen molar-refractivity contribution in [3.63, 3.8) is 0 Å². The molecule has 0 spiro atoms. The summed E-state index contributed by atoms with van der Waals surface area (Å²) in [6.07, 6.45) is 1.73. The number of benzene rings is 1. The molecule has 0 aliphatic rings. The first-order chi connectivity index (χ1) is 8.97. The van der Waals surface area contributed by atoms with E-state index < -0.39 is 0 Å². The van der Waals surface area contributed by atoms with E-state index in [0.29, 0.717) is 0 Å². The van der Waals surface area contributed by atoms with E-state index in [0.717, 1.165) is 28.2 Å². The molecule has 2 rings (SSSR count). The van der Waals surface area contributed by atoms with Crippen molar-refractivity contribution < 1.29 is 4.92 Å². The molecule has 1 heterocycles. The number of nitro groups is 1. The molecule has 1 aromatic heterocycles. The standard InChI is InChI=1S/C14H15N3O2/c1-9-6-13(17(18)19)7-10(2)14(9)15-8-12-5-4-11(3)16-12/h4-8,16H,1-3H3. The lowest BCUT2D eigenvalue weighted by molar-refractivity contribution is -0.384. The van der Waals surface area contributed by atoms with Crippen molar-refractivity contribution in [2.24, 2.45) is 4.99 Å². The van der Waals surface area contributed by atoms with Crippen LogP contribution >= 0.6 is 0 Å². The lowest BCUT2D eigenvalue weighted by atomic mass is 10.1. The predicted octanol–water partition coefficient (Wildman–Crippen LogP) is 3.60. The maximum absolute atomic E-state index is 10.8. The van der Waals surface area contributed by atoms with Gasteiger partial charge in [0.2, 0.25) is 0 Å². The summed E-state index contributed by atoms with van der Waals surface area (Å²) >= 11 is 0. The second-order valence-corrected chi connectivity index (χ2v) is 4.54. The Labute approximate surface area is 111 Å². The maximum Gasteiger partial charge on any atom is 0.270 e. The summed E-state index contributed by atoms with van der Waals surface area (Å²) < 4.78 is 0.